The van der Waals surface area contributed by atoms with Crippen molar-refractivity contribution in [3.05, 3.63) is 66.0 Å². The van der Waals surface area contributed by atoms with Gasteiger partial charge < -0.3 is 15.0 Å². The summed E-state index contributed by atoms with van der Waals surface area (Å²) in [5.41, 5.74) is 2.12. The molecular formula is C17H21N3O2. The van der Waals surface area contributed by atoms with Crippen LogP contribution in [0.25, 0.3) is 0 Å². The van der Waals surface area contributed by atoms with Crippen molar-refractivity contribution in [1.29, 1.82) is 0 Å². The van der Waals surface area contributed by atoms with E-state index in [1.54, 1.807) is 24.4 Å². The quantitative estimate of drug-likeness (QED) is 0.854. The maximum atomic E-state index is 12.4. The zero-order valence-electron chi connectivity index (χ0n) is 12.7. The second-order valence-electron chi connectivity index (χ2n) is 4.91. The molecule has 1 aromatic carbocycles. The lowest BCUT2D eigenvalue weighted by Gasteiger charge is -2.23. The number of benzene rings is 1. The summed E-state index contributed by atoms with van der Waals surface area (Å²) in [5.74, 6) is 0. The minimum atomic E-state index is -0.0993. The number of urea groups is 1. The van der Waals surface area contributed by atoms with E-state index in [-0.39, 0.29) is 6.03 Å². The summed E-state index contributed by atoms with van der Waals surface area (Å²) >= 11 is 0. The summed E-state index contributed by atoms with van der Waals surface area (Å²) in [6, 6.07) is 13.6. The van der Waals surface area contributed by atoms with Gasteiger partial charge in [-0.15, -0.1) is 0 Å². The van der Waals surface area contributed by atoms with Gasteiger partial charge in [0.25, 0.3) is 0 Å². The molecule has 0 fully saturated rings. The third kappa shape index (κ3) is 5.18. The van der Waals surface area contributed by atoms with Crippen LogP contribution < -0.4 is 5.32 Å². The van der Waals surface area contributed by atoms with Gasteiger partial charge in [-0.25, -0.2) is 4.79 Å². The van der Waals surface area contributed by atoms with Crippen LogP contribution in [0, 0.1) is 0 Å². The number of rotatable bonds is 7. The van der Waals surface area contributed by atoms with Gasteiger partial charge in [0.2, 0.25) is 0 Å². The lowest BCUT2D eigenvalue weighted by atomic mass is 10.2. The highest BCUT2D eigenvalue weighted by Gasteiger charge is 2.13. The number of methoxy groups -OCH3 is 1. The molecule has 1 N–H and O–H groups in total. The predicted octanol–water partition coefficient (Wildman–Crippen LogP) is 2.44. The van der Waals surface area contributed by atoms with Crippen molar-refractivity contribution in [1.82, 2.24) is 15.2 Å². The lowest BCUT2D eigenvalue weighted by molar-refractivity contribution is 0.146. The van der Waals surface area contributed by atoms with Crippen molar-refractivity contribution in [2.75, 3.05) is 20.3 Å². The van der Waals surface area contributed by atoms with E-state index in [4.69, 9.17) is 4.74 Å². The summed E-state index contributed by atoms with van der Waals surface area (Å²) in [5, 5.41) is 2.94. The van der Waals surface area contributed by atoms with Gasteiger partial charge in [0.1, 0.15) is 0 Å². The molecule has 5 heteroatoms. The zero-order valence-corrected chi connectivity index (χ0v) is 12.7. The monoisotopic (exact) mass is 299 g/mol. The Labute approximate surface area is 130 Å². The molecule has 0 aliphatic rings. The molecule has 2 rings (SSSR count). The summed E-state index contributed by atoms with van der Waals surface area (Å²) in [7, 11) is 1.63. The molecule has 0 unspecified atom stereocenters. The van der Waals surface area contributed by atoms with Crippen LogP contribution in [0.2, 0.25) is 0 Å². The van der Waals surface area contributed by atoms with Gasteiger partial charge in [-0.1, -0.05) is 30.3 Å². The number of pyridine rings is 1. The largest absolute Gasteiger partial charge is 0.383 e. The van der Waals surface area contributed by atoms with Crippen molar-refractivity contribution in [3.63, 3.8) is 0 Å². The van der Waals surface area contributed by atoms with Crippen molar-refractivity contribution in [2.24, 2.45) is 0 Å². The second-order valence-corrected chi connectivity index (χ2v) is 4.91. The number of hydrogen-bond acceptors (Lipinski definition) is 3. The highest BCUT2D eigenvalue weighted by molar-refractivity contribution is 5.74. The third-order valence-corrected chi connectivity index (χ3v) is 3.26. The highest BCUT2D eigenvalue weighted by atomic mass is 16.5. The average molecular weight is 299 g/mol. The van der Waals surface area contributed by atoms with Crippen molar-refractivity contribution >= 4 is 6.03 Å². The first-order chi connectivity index (χ1) is 10.8. The molecule has 2 amide bonds. The lowest BCUT2D eigenvalue weighted by Crippen LogP contribution is -2.40. The fourth-order valence-corrected chi connectivity index (χ4v) is 2.05. The summed E-state index contributed by atoms with van der Waals surface area (Å²) in [6.45, 7) is 2.09. The van der Waals surface area contributed by atoms with Crippen LogP contribution in [-0.2, 0) is 17.8 Å². The summed E-state index contributed by atoms with van der Waals surface area (Å²) in [6.07, 6.45) is 3.46. The molecule has 0 radical (unpaired) electrons. The minimum absolute atomic E-state index is 0.0993. The molecule has 22 heavy (non-hydrogen) atoms. The molecule has 0 aliphatic carbocycles. The third-order valence-electron chi connectivity index (χ3n) is 3.26. The van der Waals surface area contributed by atoms with Gasteiger partial charge in [0.15, 0.2) is 0 Å². The summed E-state index contributed by atoms with van der Waals surface area (Å²) < 4.78 is 5.09. The van der Waals surface area contributed by atoms with E-state index < -0.39 is 0 Å². The van der Waals surface area contributed by atoms with Gasteiger partial charge in [-0.3, -0.25) is 4.98 Å². The Hall–Kier alpha value is -2.40. The van der Waals surface area contributed by atoms with Crippen molar-refractivity contribution in [3.8, 4) is 0 Å². The Morgan fingerprint density at radius 2 is 1.86 bits per heavy atom. The van der Waals surface area contributed by atoms with E-state index in [9.17, 15) is 4.79 Å². The normalized spacial score (nSPS) is 10.2. The second kappa shape index (κ2) is 8.79. The van der Waals surface area contributed by atoms with Gasteiger partial charge >= 0.3 is 6.03 Å². The topological polar surface area (TPSA) is 54.5 Å². The molecule has 5 nitrogen and oxygen atoms in total. The molecule has 2 aromatic rings. The Kier molecular flexibility index (Phi) is 6.39. The van der Waals surface area contributed by atoms with Crippen molar-refractivity contribution in [2.45, 2.75) is 13.1 Å². The Morgan fingerprint density at radius 1 is 1.14 bits per heavy atom. The molecular weight excluding hydrogens is 278 g/mol. The minimum Gasteiger partial charge on any atom is -0.383 e. The number of amides is 2. The number of nitrogens with zero attached hydrogens (tertiary/aromatic N) is 2. The van der Waals surface area contributed by atoms with Crippen LogP contribution in [0.5, 0.6) is 0 Å². The van der Waals surface area contributed by atoms with Gasteiger partial charge in [-0.05, 0) is 23.3 Å². The molecule has 0 saturated heterocycles. The smallest absolute Gasteiger partial charge is 0.318 e. The van der Waals surface area contributed by atoms with E-state index in [1.807, 2.05) is 42.5 Å². The van der Waals surface area contributed by atoms with Gasteiger partial charge in [0, 0.05) is 39.1 Å². The van der Waals surface area contributed by atoms with Crippen LogP contribution in [0.3, 0.4) is 0 Å². The average Bonchev–Trinajstić information content (AvgIpc) is 2.58. The number of hydrogen-bond donors (Lipinski definition) is 1. The SMILES string of the molecule is COCCN(Cc1ccncc1)C(=O)NCc1ccccc1. The van der Waals surface area contributed by atoms with Gasteiger partial charge in [0.05, 0.1) is 6.61 Å². The Balaban J connectivity index is 1.93. The van der Waals surface area contributed by atoms with Crippen molar-refractivity contribution < 1.29 is 9.53 Å². The number of carbonyl (C=O) groups is 1. The fraction of sp³-hybridized carbons (Fsp3) is 0.294. The molecule has 116 valence electrons. The molecule has 1 aromatic heterocycles. The first-order valence-corrected chi connectivity index (χ1v) is 7.24. The first-order valence-electron chi connectivity index (χ1n) is 7.24. The van der Waals surface area contributed by atoms with E-state index in [1.165, 1.54) is 0 Å². The number of carbonyl (C=O) groups excluding carboxylic acids is 1. The highest BCUT2D eigenvalue weighted by Crippen LogP contribution is 2.04. The summed E-state index contributed by atoms with van der Waals surface area (Å²) in [4.78, 5) is 18.1. The number of aromatic nitrogens is 1. The van der Waals surface area contributed by atoms with E-state index in [0.29, 0.717) is 26.2 Å². The zero-order chi connectivity index (χ0) is 15.6. The fourth-order valence-electron chi connectivity index (χ4n) is 2.05. The Bertz CT molecular complexity index is 561. The molecule has 0 saturated carbocycles. The predicted molar refractivity (Wildman–Crippen MR) is 85.2 cm³/mol. The van der Waals surface area contributed by atoms with E-state index in [2.05, 4.69) is 10.3 Å². The standard InChI is InChI=1S/C17H21N3O2/c1-22-12-11-20(14-16-7-9-18-10-8-16)17(21)19-13-15-5-3-2-4-6-15/h2-10H,11-14H2,1H3,(H,19,21). The first kappa shape index (κ1) is 16.0. The molecule has 0 atom stereocenters. The van der Waals surface area contributed by atoms with E-state index in [0.717, 1.165) is 11.1 Å². The van der Waals surface area contributed by atoms with Crippen LogP contribution >= 0.6 is 0 Å². The maximum absolute atomic E-state index is 12.4. The van der Waals surface area contributed by atoms with Crippen LogP contribution in [0.4, 0.5) is 4.79 Å². The molecule has 1 heterocycles. The maximum Gasteiger partial charge on any atom is 0.318 e. The molecule has 0 spiro atoms. The number of nitrogens with one attached hydrogen (secondary N) is 1. The van der Waals surface area contributed by atoms with Gasteiger partial charge in [-0.2, -0.15) is 0 Å². The van der Waals surface area contributed by atoms with Crippen LogP contribution in [0.15, 0.2) is 54.9 Å². The molecule has 0 bridgehead atoms. The van der Waals surface area contributed by atoms with E-state index >= 15 is 0 Å². The Morgan fingerprint density at radius 3 is 2.55 bits per heavy atom. The molecule has 0 aliphatic heterocycles. The van der Waals surface area contributed by atoms with Crippen LogP contribution in [-0.4, -0.2) is 36.2 Å². The van der Waals surface area contributed by atoms with Crippen LogP contribution in [0.1, 0.15) is 11.1 Å². The number of ether oxygens (including phenoxy) is 1.